The van der Waals surface area contributed by atoms with E-state index in [1.165, 1.54) is 43.5 Å². The Balaban J connectivity index is 1.56. The first-order chi connectivity index (χ1) is 15.4. The van der Waals surface area contributed by atoms with Gasteiger partial charge in [0.2, 0.25) is 5.56 Å². The van der Waals surface area contributed by atoms with E-state index in [0.29, 0.717) is 23.5 Å². The number of aromatic amines is 1. The van der Waals surface area contributed by atoms with Crippen molar-refractivity contribution in [3.63, 3.8) is 0 Å². The summed E-state index contributed by atoms with van der Waals surface area (Å²) in [5, 5.41) is 14.4. The zero-order valence-corrected chi connectivity index (χ0v) is 18.0. The van der Waals surface area contributed by atoms with E-state index in [-0.39, 0.29) is 11.3 Å². The number of hydrogen-bond donors (Lipinski definition) is 2. The van der Waals surface area contributed by atoms with Gasteiger partial charge in [0.1, 0.15) is 0 Å². The maximum absolute atomic E-state index is 13.0. The van der Waals surface area contributed by atoms with E-state index in [2.05, 4.69) is 28.2 Å². The first-order valence-electron chi connectivity index (χ1n) is 10.8. The number of hydrogen-bond acceptors (Lipinski definition) is 5. The molecule has 3 aromatic rings. The van der Waals surface area contributed by atoms with Gasteiger partial charge >= 0.3 is 0 Å². The Bertz CT molecular complexity index is 1220. The lowest BCUT2D eigenvalue weighted by atomic mass is 10.0. The highest BCUT2D eigenvalue weighted by Crippen LogP contribution is 2.23. The molecular weight excluding hydrogens is 408 g/mol. The van der Waals surface area contributed by atoms with Gasteiger partial charge in [-0.3, -0.25) is 24.6 Å². The van der Waals surface area contributed by atoms with Crippen molar-refractivity contribution in [2.24, 2.45) is 0 Å². The van der Waals surface area contributed by atoms with Crippen molar-refractivity contribution >= 4 is 22.5 Å². The van der Waals surface area contributed by atoms with Crippen LogP contribution in [0.3, 0.4) is 0 Å². The largest absolute Gasteiger partial charge is 0.348 e. The first-order valence-corrected chi connectivity index (χ1v) is 10.8. The molecule has 2 N–H and O–H groups in total. The molecule has 0 radical (unpaired) electrons. The van der Waals surface area contributed by atoms with Gasteiger partial charge in [0.05, 0.1) is 10.5 Å². The Kier molecular flexibility index (Phi) is 6.32. The second-order valence-corrected chi connectivity index (χ2v) is 8.30. The van der Waals surface area contributed by atoms with Crippen molar-refractivity contribution in [1.29, 1.82) is 0 Å². The maximum atomic E-state index is 13.0. The molecule has 1 unspecified atom stereocenters. The smallest absolute Gasteiger partial charge is 0.270 e. The highest BCUT2D eigenvalue weighted by Gasteiger charge is 2.20. The van der Waals surface area contributed by atoms with E-state index < -0.39 is 16.4 Å². The fraction of sp³-hybridized carbons (Fsp3) is 0.333. The fourth-order valence-corrected chi connectivity index (χ4v) is 4.31. The SMILES string of the molecule is CC1CCCCN1Cc1ccccc1CNC(=O)c1cc(=O)[nH]c2ccc([N+](=O)[O-])cc12. The number of piperidine rings is 1. The molecule has 8 heteroatoms. The molecule has 1 fully saturated rings. The molecular formula is C24H26N4O4. The highest BCUT2D eigenvalue weighted by atomic mass is 16.6. The van der Waals surface area contributed by atoms with E-state index in [1.54, 1.807) is 0 Å². The van der Waals surface area contributed by atoms with Crippen molar-refractivity contribution in [2.75, 3.05) is 6.54 Å². The average molecular weight is 434 g/mol. The van der Waals surface area contributed by atoms with Gasteiger partial charge in [0.25, 0.3) is 11.6 Å². The number of carbonyl (C=O) groups is 1. The van der Waals surface area contributed by atoms with E-state index in [4.69, 9.17) is 0 Å². The molecule has 8 nitrogen and oxygen atoms in total. The predicted octanol–water partition coefficient (Wildman–Crippen LogP) is 3.74. The number of pyridine rings is 1. The van der Waals surface area contributed by atoms with Gasteiger partial charge in [-0.15, -0.1) is 0 Å². The minimum atomic E-state index is -0.524. The molecule has 1 amide bonds. The fourth-order valence-electron chi connectivity index (χ4n) is 4.31. The molecule has 4 rings (SSSR count). The summed E-state index contributed by atoms with van der Waals surface area (Å²) in [6, 6.07) is 13.8. The number of likely N-dealkylation sites (tertiary alicyclic amines) is 1. The Morgan fingerprint density at radius 1 is 1.19 bits per heavy atom. The summed E-state index contributed by atoms with van der Waals surface area (Å²) < 4.78 is 0. The van der Waals surface area contributed by atoms with Crippen molar-refractivity contribution in [2.45, 2.75) is 45.3 Å². The summed E-state index contributed by atoms with van der Waals surface area (Å²) in [6.45, 7) is 4.45. The Hall–Kier alpha value is -3.52. The van der Waals surface area contributed by atoms with Gasteiger partial charge in [0, 0.05) is 48.2 Å². The molecule has 1 aliphatic rings. The molecule has 2 heterocycles. The van der Waals surface area contributed by atoms with Crippen LogP contribution in [0.4, 0.5) is 5.69 Å². The average Bonchev–Trinajstić information content (AvgIpc) is 2.78. The molecule has 0 bridgehead atoms. The molecule has 0 saturated carbocycles. The van der Waals surface area contributed by atoms with E-state index in [0.717, 1.165) is 24.2 Å². The summed E-state index contributed by atoms with van der Waals surface area (Å²) in [5.41, 5.74) is 2.10. The van der Waals surface area contributed by atoms with Crippen LogP contribution in [0.15, 0.2) is 53.3 Å². The molecule has 0 spiro atoms. The van der Waals surface area contributed by atoms with Crippen LogP contribution in [-0.4, -0.2) is 33.3 Å². The minimum Gasteiger partial charge on any atom is -0.348 e. The third kappa shape index (κ3) is 4.70. The first kappa shape index (κ1) is 21.7. The van der Waals surface area contributed by atoms with Gasteiger partial charge in [-0.25, -0.2) is 0 Å². The molecule has 1 aromatic heterocycles. The van der Waals surface area contributed by atoms with Crippen molar-refractivity contribution < 1.29 is 9.72 Å². The normalized spacial score (nSPS) is 16.7. The number of nitro benzene ring substituents is 1. The number of nitrogens with zero attached hydrogens (tertiary/aromatic N) is 2. The van der Waals surface area contributed by atoms with E-state index in [1.807, 2.05) is 18.2 Å². The Morgan fingerprint density at radius 3 is 2.72 bits per heavy atom. The van der Waals surface area contributed by atoms with E-state index >= 15 is 0 Å². The topological polar surface area (TPSA) is 108 Å². The van der Waals surface area contributed by atoms with Crippen LogP contribution in [0.25, 0.3) is 10.9 Å². The van der Waals surface area contributed by atoms with Crippen LogP contribution >= 0.6 is 0 Å². The van der Waals surface area contributed by atoms with Crippen molar-refractivity contribution in [1.82, 2.24) is 15.2 Å². The zero-order chi connectivity index (χ0) is 22.7. The molecule has 32 heavy (non-hydrogen) atoms. The number of aromatic nitrogens is 1. The lowest BCUT2D eigenvalue weighted by Gasteiger charge is -2.33. The van der Waals surface area contributed by atoms with Gasteiger partial charge < -0.3 is 10.3 Å². The van der Waals surface area contributed by atoms with Gasteiger partial charge in [-0.1, -0.05) is 30.7 Å². The molecule has 1 aliphatic heterocycles. The number of H-pyrrole nitrogens is 1. The minimum absolute atomic E-state index is 0.120. The third-order valence-electron chi connectivity index (χ3n) is 6.15. The van der Waals surface area contributed by atoms with Crippen molar-refractivity contribution in [3.8, 4) is 0 Å². The lowest BCUT2D eigenvalue weighted by molar-refractivity contribution is -0.384. The number of non-ortho nitro benzene ring substituents is 1. The van der Waals surface area contributed by atoms with Gasteiger partial charge in [0.15, 0.2) is 0 Å². The molecule has 1 atom stereocenters. The summed E-state index contributed by atoms with van der Waals surface area (Å²) in [4.78, 5) is 40.7. The molecule has 166 valence electrons. The quantitative estimate of drug-likeness (QED) is 0.454. The standard InChI is InChI=1S/C24H26N4O4/c1-16-6-4-5-11-27(16)15-18-8-3-2-7-17(18)14-25-24(30)21-13-23(29)26-22-10-9-19(28(31)32)12-20(21)22/h2-3,7-10,12-13,16H,4-6,11,14-15H2,1H3,(H,25,30)(H,26,29). The maximum Gasteiger partial charge on any atom is 0.270 e. The number of amides is 1. The van der Waals surface area contributed by atoms with Gasteiger partial charge in [-0.05, 0) is 43.5 Å². The van der Waals surface area contributed by atoms with Gasteiger partial charge in [-0.2, -0.15) is 0 Å². The molecule has 2 aromatic carbocycles. The third-order valence-corrected chi connectivity index (χ3v) is 6.15. The second kappa shape index (κ2) is 9.32. The summed E-state index contributed by atoms with van der Waals surface area (Å²) in [7, 11) is 0. The van der Waals surface area contributed by atoms with Crippen LogP contribution in [0, 0.1) is 10.1 Å². The number of carbonyl (C=O) groups excluding carboxylic acids is 1. The highest BCUT2D eigenvalue weighted by molar-refractivity contribution is 6.06. The van der Waals surface area contributed by atoms with Crippen LogP contribution in [-0.2, 0) is 13.1 Å². The van der Waals surface area contributed by atoms with Crippen molar-refractivity contribution in [3.05, 3.63) is 85.7 Å². The monoisotopic (exact) mass is 434 g/mol. The number of nitro groups is 1. The second-order valence-electron chi connectivity index (χ2n) is 8.30. The summed E-state index contributed by atoms with van der Waals surface area (Å²) >= 11 is 0. The molecule has 0 aliphatic carbocycles. The summed E-state index contributed by atoms with van der Waals surface area (Å²) in [5.74, 6) is -0.442. The molecule has 1 saturated heterocycles. The number of fused-ring (bicyclic) bond motifs is 1. The number of nitrogens with one attached hydrogen (secondary N) is 2. The van der Waals surface area contributed by atoms with E-state index in [9.17, 15) is 19.7 Å². The zero-order valence-electron chi connectivity index (χ0n) is 18.0. The van der Waals surface area contributed by atoms with Crippen LogP contribution < -0.4 is 10.9 Å². The predicted molar refractivity (Wildman–Crippen MR) is 123 cm³/mol. The van der Waals surface area contributed by atoms with Crippen LogP contribution in [0.1, 0.15) is 47.7 Å². The summed E-state index contributed by atoms with van der Waals surface area (Å²) in [6.07, 6.45) is 3.66. The Morgan fingerprint density at radius 2 is 1.97 bits per heavy atom. The van der Waals surface area contributed by atoms with Crippen LogP contribution in [0.2, 0.25) is 0 Å². The lowest BCUT2D eigenvalue weighted by Crippen LogP contribution is -2.37. The Labute approximate surface area is 185 Å². The van der Waals surface area contributed by atoms with Crippen LogP contribution in [0.5, 0.6) is 0 Å². The number of rotatable bonds is 6. The number of benzene rings is 2.